The zero-order chi connectivity index (χ0) is 12.3. The lowest BCUT2D eigenvalue weighted by Gasteiger charge is -2.22. The van der Waals surface area contributed by atoms with Crippen LogP contribution < -0.4 is 5.73 Å². The largest absolute Gasteiger partial charge is 0.459 e. The van der Waals surface area contributed by atoms with Crippen molar-refractivity contribution in [2.24, 2.45) is 5.73 Å². The summed E-state index contributed by atoms with van der Waals surface area (Å²) in [5, 5.41) is 3.51. The van der Waals surface area contributed by atoms with Crippen molar-refractivity contribution in [1.82, 2.24) is 0 Å². The molecule has 88 valence electrons. The predicted molar refractivity (Wildman–Crippen MR) is 62.1 cm³/mol. The first-order valence-corrected chi connectivity index (χ1v) is 5.80. The summed E-state index contributed by atoms with van der Waals surface area (Å²) in [6, 6.07) is 1.70. The van der Waals surface area contributed by atoms with Gasteiger partial charge in [-0.05, 0) is 43.2 Å². The number of ether oxygens (including phenoxy) is 1. The average Bonchev–Trinajstić information content (AvgIpc) is 2.52. The van der Waals surface area contributed by atoms with Gasteiger partial charge in [-0.1, -0.05) is 0 Å². The molecule has 0 aromatic carbocycles. The van der Waals surface area contributed by atoms with Crippen LogP contribution in [0.4, 0.5) is 0 Å². The van der Waals surface area contributed by atoms with E-state index in [0.29, 0.717) is 5.56 Å². The summed E-state index contributed by atoms with van der Waals surface area (Å²) in [5.41, 5.74) is 5.18. The maximum absolute atomic E-state index is 11.8. The second-order valence-electron chi connectivity index (χ2n) is 4.43. The molecule has 0 saturated heterocycles. The average molecular weight is 241 g/mol. The Morgan fingerprint density at radius 1 is 1.44 bits per heavy atom. The molecule has 1 heterocycles. The van der Waals surface area contributed by atoms with Crippen molar-refractivity contribution in [3.63, 3.8) is 0 Å². The highest BCUT2D eigenvalue weighted by Crippen LogP contribution is 2.22. The molecule has 4 nitrogen and oxygen atoms in total. The van der Waals surface area contributed by atoms with Crippen molar-refractivity contribution < 1.29 is 14.3 Å². The number of hydrogen-bond donors (Lipinski definition) is 1. The molecule has 0 aliphatic rings. The second kappa shape index (κ2) is 4.65. The Balaban J connectivity index is 2.88. The SMILES string of the molecule is CC(C)(C)OC(=O)C(C(N)=O)c1ccsc1. The highest BCUT2D eigenvalue weighted by atomic mass is 32.1. The van der Waals surface area contributed by atoms with Gasteiger partial charge in [0.25, 0.3) is 0 Å². The Morgan fingerprint density at radius 2 is 2.06 bits per heavy atom. The lowest BCUT2D eigenvalue weighted by atomic mass is 10.0. The lowest BCUT2D eigenvalue weighted by Crippen LogP contribution is -2.34. The molecule has 1 rings (SSSR count). The highest BCUT2D eigenvalue weighted by molar-refractivity contribution is 7.08. The smallest absolute Gasteiger partial charge is 0.323 e. The van der Waals surface area contributed by atoms with Gasteiger partial charge in [0.1, 0.15) is 5.60 Å². The fourth-order valence-corrected chi connectivity index (χ4v) is 1.90. The normalized spacial score (nSPS) is 13.2. The van der Waals surface area contributed by atoms with E-state index < -0.39 is 23.4 Å². The monoisotopic (exact) mass is 241 g/mol. The van der Waals surface area contributed by atoms with E-state index in [-0.39, 0.29) is 0 Å². The Morgan fingerprint density at radius 3 is 2.44 bits per heavy atom. The molecule has 0 bridgehead atoms. The van der Waals surface area contributed by atoms with Gasteiger partial charge >= 0.3 is 5.97 Å². The maximum atomic E-state index is 11.8. The van der Waals surface area contributed by atoms with Gasteiger partial charge in [0.05, 0.1) is 0 Å². The molecule has 0 spiro atoms. The van der Waals surface area contributed by atoms with Crippen LogP contribution in [0.2, 0.25) is 0 Å². The Hall–Kier alpha value is -1.36. The molecule has 0 saturated carbocycles. The third-order valence-electron chi connectivity index (χ3n) is 1.80. The van der Waals surface area contributed by atoms with Gasteiger partial charge in [-0.3, -0.25) is 9.59 Å². The fraction of sp³-hybridized carbons (Fsp3) is 0.455. The van der Waals surface area contributed by atoms with Crippen LogP contribution >= 0.6 is 11.3 Å². The fourth-order valence-electron chi connectivity index (χ4n) is 1.22. The van der Waals surface area contributed by atoms with Crippen molar-refractivity contribution in [3.8, 4) is 0 Å². The molecule has 1 aromatic rings. The topological polar surface area (TPSA) is 69.4 Å². The first-order valence-electron chi connectivity index (χ1n) is 4.85. The van der Waals surface area contributed by atoms with Gasteiger partial charge in [0.15, 0.2) is 5.92 Å². The van der Waals surface area contributed by atoms with Gasteiger partial charge in [-0.15, -0.1) is 0 Å². The number of carbonyl (C=O) groups is 2. The van der Waals surface area contributed by atoms with Crippen LogP contribution in [0.1, 0.15) is 32.3 Å². The first kappa shape index (κ1) is 12.7. The zero-order valence-electron chi connectivity index (χ0n) is 9.52. The van der Waals surface area contributed by atoms with Gasteiger partial charge in [0, 0.05) is 0 Å². The standard InChI is InChI=1S/C11H15NO3S/c1-11(2,3)15-10(14)8(9(12)13)7-4-5-16-6-7/h4-6,8H,1-3H3,(H2,12,13). The quantitative estimate of drug-likeness (QED) is 0.646. The number of thiophene rings is 1. The summed E-state index contributed by atoms with van der Waals surface area (Å²) in [4.78, 5) is 23.0. The van der Waals surface area contributed by atoms with Crippen LogP contribution in [0, 0.1) is 0 Å². The molecule has 1 amide bonds. The molecule has 0 fully saturated rings. The molecule has 1 unspecified atom stereocenters. The van der Waals surface area contributed by atoms with Crippen molar-refractivity contribution >= 4 is 23.2 Å². The molecule has 16 heavy (non-hydrogen) atoms. The van der Waals surface area contributed by atoms with E-state index in [0.717, 1.165) is 0 Å². The first-order chi connectivity index (χ1) is 7.31. The number of rotatable bonds is 3. The van der Waals surface area contributed by atoms with E-state index in [1.807, 2.05) is 0 Å². The van der Waals surface area contributed by atoms with Crippen LogP contribution in [-0.4, -0.2) is 17.5 Å². The minimum atomic E-state index is -1.01. The number of primary amides is 1. The maximum Gasteiger partial charge on any atom is 0.323 e. The Labute approximate surface area is 98.4 Å². The van der Waals surface area contributed by atoms with Crippen LogP contribution in [0.15, 0.2) is 16.8 Å². The van der Waals surface area contributed by atoms with Gasteiger partial charge in [-0.2, -0.15) is 11.3 Å². The summed E-state index contributed by atoms with van der Waals surface area (Å²) in [6.07, 6.45) is 0. The molecule has 1 atom stereocenters. The Kier molecular flexibility index (Phi) is 3.70. The third kappa shape index (κ3) is 3.34. The van der Waals surface area contributed by atoms with E-state index in [9.17, 15) is 9.59 Å². The molecule has 1 aromatic heterocycles. The zero-order valence-corrected chi connectivity index (χ0v) is 10.3. The summed E-state index contributed by atoms with van der Waals surface area (Å²) >= 11 is 1.41. The molecule has 0 aliphatic carbocycles. The number of carbonyl (C=O) groups excluding carboxylic acids is 2. The molecule has 0 radical (unpaired) electrons. The Bertz CT molecular complexity index is 378. The van der Waals surface area contributed by atoms with E-state index in [4.69, 9.17) is 10.5 Å². The van der Waals surface area contributed by atoms with Crippen molar-refractivity contribution in [1.29, 1.82) is 0 Å². The van der Waals surface area contributed by atoms with Crippen molar-refractivity contribution in [2.45, 2.75) is 32.3 Å². The van der Waals surface area contributed by atoms with E-state index in [2.05, 4.69) is 0 Å². The van der Waals surface area contributed by atoms with Gasteiger partial charge in [0.2, 0.25) is 5.91 Å². The minimum absolute atomic E-state index is 0.590. The van der Waals surface area contributed by atoms with Crippen LogP contribution in [0.3, 0.4) is 0 Å². The summed E-state index contributed by atoms with van der Waals surface area (Å²) in [5.74, 6) is -2.29. The van der Waals surface area contributed by atoms with Crippen LogP contribution in [0.5, 0.6) is 0 Å². The van der Waals surface area contributed by atoms with Crippen LogP contribution in [0.25, 0.3) is 0 Å². The summed E-state index contributed by atoms with van der Waals surface area (Å²) in [7, 11) is 0. The van der Waals surface area contributed by atoms with Crippen molar-refractivity contribution in [2.75, 3.05) is 0 Å². The van der Waals surface area contributed by atoms with Gasteiger partial charge < -0.3 is 10.5 Å². The number of hydrogen-bond acceptors (Lipinski definition) is 4. The minimum Gasteiger partial charge on any atom is -0.459 e. The molecule has 2 N–H and O–H groups in total. The second-order valence-corrected chi connectivity index (χ2v) is 5.21. The predicted octanol–water partition coefficient (Wildman–Crippen LogP) is 1.66. The highest BCUT2D eigenvalue weighted by Gasteiger charge is 2.31. The number of nitrogens with two attached hydrogens (primary N) is 1. The molecular weight excluding hydrogens is 226 g/mol. The number of esters is 1. The van der Waals surface area contributed by atoms with Crippen LogP contribution in [-0.2, 0) is 14.3 Å². The van der Waals surface area contributed by atoms with Crippen molar-refractivity contribution in [3.05, 3.63) is 22.4 Å². The molecular formula is C11H15NO3S. The van der Waals surface area contributed by atoms with Gasteiger partial charge in [-0.25, -0.2) is 0 Å². The molecule has 0 aliphatic heterocycles. The lowest BCUT2D eigenvalue weighted by molar-refractivity contribution is -0.158. The van der Waals surface area contributed by atoms with E-state index in [1.165, 1.54) is 11.3 Å². The number of amides is 1. The summed E-state index contributed by atoms with van der Waals surface area (Å²) in [6.45, 7) is 5.24. The van der Waals surface area contributed by atoms with E-state index in [1.54, 1.807) is 37.6 Å². The third-order valence-corrected chi connectivity index (χ3v) is 2.50. The van der Waals surface area contributed by atoms with E-state index >= 15 is 0 Å². The molecule has 5 heteroatoms. The summed E-state index contributed by atoms with van der Waals surface area (Å²) < 4.78 is 5.15.